The van der Waals surface area contributed by atoms with E-state index in [2.05, 4.69) is 12.1 Å². The lowest BCUT2D eigenvalue weighted by Crippen LogP contribution is -2.23. The first-order valence-electron chi connectivity index (χ1n) is 5.88. The van der Waals surface area contributed by atoms with Gasteiger partial charge in [-0.25, -0.2) is 8.42 Å². The molecular weight excluding hydrogens is 236 g/mol. The van der Waals surface area contributed by atoms with Gasteiger partial charge in [0, 0.05) is 6.26 Å². The van der Waals surface area contributed by atoms with Crippen molar-refractivity contribution in [3.05, 3.63) is 35.4 Å². The Labute approximate surface area is 102 Å². The molecule has 3 nitrogen and oxygen atoms in total. The number of hydrogen-bond acceptors (Lipinski definition) is 3. The molecule has 4 heteroatoms. The highest BCUT2D eigenvalue weighted by Gasteiger charge is 2.27. The van der Waals surface area contributed by atoms with Crippen LogP contribution in [0.25, 0.3) is 0 Å². The van der Waals surface area contributed by atoms with E-state index in [0.717, 1.165) is 12.8 Å². The van der Waals surface area contributed by atoms with Gasteiger partial charge in [-0.05, 0) is 36.3 Å². The van der Waals surface area contributed by atoms with Gasteiger partial charge in [-0.3, -0.25) is 0 Å². The molecule has 0 radical (unpaired) electrons. The molecule has 1 aliphatic carbocycles. The van der Waals surface area contributed by atoms with Gasteiger partial charge in [0.25, 0.3) is 0 Å². The summed E-state index contributed by atoms with van der Waals surface area (Å²) in [6.07, 6.45) is 2.76. The van der Waals surface area contributed by atoms with Crippen LogP contribution in [0.3, 0.4) is 0 Å². The first kappa shape index (κ1) is 12.6. The molecule has 1 atom stereocenters. The standard InChI is InChI=1S/C13H18O3S/c1-17(15,16)7-6-13(14)12-8-10-4-2-3-5-11(10)9-12/h2-5,12-14H,6-9H2,1H3. The molecule has 0 aromatic heterocycles. The molecule has 1 aromatic rings. The van der Waals surface area contributed by atoms with E-state index in [0.29, 0.717) is 6.42 Å². The van der Waals surface area contributed by atoms with Gasteiger partial charge >= 0.3 is 0 Å². The van der Waals surface area contributed by atoms with Crippen molar-refractivity contribution < 1.29 is 13.5 Å². The van der Waals surface area contributed by atoms with Crippen LogP contribution in [0.2, 0.25) is 0 Å². The van der Waals surface area contributed by atoms with Gasteiger partial charge in [0.1, 0.15) is 9.84 Å². The third-order valence-electron chi connectivity index (χ3n) is 3.41. The van der Waals surface area contributed by atoms with Crippen molar-refractivity contribution in [3.63, 3.8) is 0 Å². The Morgan fingerprint density at radius 1 is 1.29 bits per heavy atom. The Hall–Kier alpha value is -0.870. The minimum absolute atomic E-state index is 0.0704. The highest BCUT2D eigenvalue weighted by atomic mass is 32.2. The lowest BCUT2D eigenvalue weighted by atomic mass is 9.97. The monoisotopic (exact) mass is 254 g/mol. The summed E-state index contributed by atoms with van der Waals surface area (Å²) >= 11 is 0. The molecule has 0 saturated heterocycles. The van der Waals surface area contributed by atoms with Crippen molar-refractivity contribution in [2.24, 2.45) is 5.92 Å². The molecule has 0 fully saturated rings. The molecular formula is C13H18O3S. The average molecular weight is 254 g/mol. The van der Waals surface area contributed by atoms with Crippen LogP contribution in [-0.2, 0) is 22.7 Å². The van der Waals surface area contributed by atoms with Crippen LogP contribution >= 0.6 is 0 Å². The predicted octanol–water partition coefficient (Wildman–Crippen LogP) is 1.20. The van der Waals surface area contributed by atoms with Gasteiger partial charge in [-0.1, -0.05) is 24.3 Å². The number of sulfone groups is 1. The molecule has 1 N–H and O–H groups in total. The van der Waals surface area contributed by atoms with Gasteiger partial charge in [0.2, 0.25) is 0 Å². The van der Waals surface area contributed by atoms with Gasteiger partial charge < -0.3 is 5.11 Å². The van der Waals surface area contributed by atoms with E-state index in [4.69, 9.17) is 0 Å². The highest BCUT2D eigenvalue weighted by Crippen LogP contribution is 2.29. The first-order chi connectivity index (χ1) is 7.96. The molecule has 17 heavy (non-hydrogen) atoms. The molecule has 0 heterocycles. The van der Waals surface area contributed by atoms with Crippen molar-refractivity contribution >= 4 is 9.84 Å². The van der Waals surface area contributed by atoms with E-state index in [1.165, 1.54) is 17.4 Å². The van der Waals surface area contributed by atoms with Gasteiger partial charge in [-0.2, -0.15) is 0 Å². The molecule has 1 aromatic carbocycles. The van der Waals surface area contributed by atoms with Crippen molar-refractivity contribution in [1.29, 1.82) is 0 Å². The summed E-state index contributed by atoms with van der Waals surface area (Å²) < 4.78 is 22.1. The minimum atomic E-state index is -2.98. The fraction of sp³-hybridized carbons (Fsp3) is 0.538. The second kappa shape index (κ2) is 4.78. The number of fused-ring (bicyclic) bond motifs is 1. The van der Waals surface area contributed by atoms with E-state index in [1.807, 2.05) is 12.1 Å². The molecule has 0 bridgehead atoms. The van der Waals surface area contributed by atoms with Crippen LogP contribution in [0.4, 0.5) is 0 Å². The molecule has 0 aliphatic heterocycles. The molecule has 2 rings (SSSR count). The third-order valence-corrected chi connectivity index (χ3v) is 4.39. The van der Waals surface area contributed by atoms with E-state index in [1.54, 1.807) is 0 Å². The number of benzene rings is 1. The van der Waals surface area contributed by atoms with E-state index in [9.17, 15) is 13.5 Å². The summed E-state index contributed by atoms with van der Waals surface area (Å²) in [5, 5.41) is 10.0. The maximum Gasteiger partial charge on any atom is 0.147 e. The number of hydrogen-bond donors (Lipinski definition) is 1. The molecule has 1 aliphatic rings. The summed E-state index contributed by atoms with van der Waals surface area (Å²) in [6.45, 7) is 0. The number of aliphatic hydroxyl groups is 1. The fourth-order valence-electron chi connectivity index (χ4n) is 2.44. The van der Waals surface area contributed by atoms with Crippen LogP contribution < -0.4 is 0 Å². The summed E-state index contributed by atoms with van der Waals surface area (Å²) in [6, 6.07) is 8.17. The van der Waals surface area contributed by atoms with Crippen molar-refractivity contribution in [3.8, 4) is 0 Å². The largest absolute Gasteiger partial charge is 0.393 e. The molecule has 94 valence electrons. The zero-order valence-corrected chi connectivity index (χ0v) is 10.8. The van der Waals surface area contributed by atoms with E-state index >= 15 is 0 Å². The second-order valence-corrected chi connectivity index (χ2v) is 7.18. The Morgan fingerprint density at radius 2 is 1.82 bits per heavy atom. The Balaban J connectivity index is 1.94. The van der Waals surface area contributed by atoms with Crippen LogP contribution in [0.15, 0.2) is 24.3 Å². The van der Waals surface area contributed by atoms with Crippen LogP contribution in [0.5, 0.6) is 0 Å². The Bertz CT molecular complexity index is 468. The van der Waals surface area contributed by atoms with Crippen molar-refractivity contribution in [2.75, 3.05) is 12.0 Å². The van der Waals surface area contributed by atoms with E-state index in [-0.39, 0.29) is 11.7 Å². The van der Waals surface area contributed by atoms with Gasteiger partial charge in [0.05, 0.1) is 11.9 Å². The maximum atomic E-state index is 11.1. The predicted molar refractivity (Wildman–Crippen MR) is 67.7 cm³/mol. The first-order valence-corrected chi connectivity index (χ1v) is 7.94. The highest BCUT2D eigenvalue weighted by molar-refractivity contribution is 7.90. The fourth-order valence-corrected chi connectivity index (χ4v) is 3.11. The number of rotatable bonds is 4. The Kier molecular flexibility index (Phi) is 3.54. The summed E-state index contributed by atoms with van der Waals surface area (Å²) in [4.78, 5) is 0. The average Bonchev–Trinajstić information content (AvgIpc) is 2.68. The maximum absolute atomic E-state index is 11.1. The zero-order valence-electron chi connectivity index (χ0n) is 9.96. The number of aliphatic hydroxyl groups excluding tert-OH is 1. The van der Waals surface area contributed by atoms with Gasteiger partial charge in [0.15, 0.2) is 0 Å². The molecule has 0 saturated carbocycles. The van der Waals surface area contributed by atoms with Crippen LogP contribution in [0, 0.1) is 5.92 Å². The van der Waals surface area contributed by atoms with Crippen molar-refractivity contribution in [1.82, 2.24) is 0 Å². The second-order valence-electron chi connectivity index (χ2n) is 4.92. The molecule has 1 unspecified atom stereocenters. The normalized spacial score (nSPS) is 18.0. The lowest BCUT2D eigenvalue weighted by molar-refractivity contribution is 0.109. The summed E-state index contributed by atoms with van der Waals surface area (Å²) in [5.41, 5.74) is 2.58. The van der Waals surface area contributed by atoms with Crippen LogP contribution in [0.1, 0.15) is 17.5 Å². The smallest absolute Gasteiger partial charge is 0.147 e. The zero-order chi connectivity index (χ0) is 12.5. The van der Waals surface area contributed by atoms with Crippen LogP contribution in [-0.4, -0.2) is 31.6 Å². The molecule has 0 amide bonds. The van der Waals surface area contributed by atoms with E-state index < -0.39 is 15.9 Å². The summed E-state index contributed by atoms with van der Waals surface area (Å²) in [7, 11) is -2.98. The quantitative estimate of drug-likeness (QED) is 0.878. The van der Waals surface area contributed by atoms with Gasteiger partial charge in [-0.15, -0.1) is 0 Å². The lowest BCUT2D eigenvalue weighted by Gasteiger charge is -2.16. The van der Waals surface area contributed by atoms with Crippen molar-refractivity contribution in [2.45, 2.75) is 25.4 Å². The molecule has 0 spiro atoms. The minimum Gasteiger partial charge on any atom is -0.393 e. The Morgan fingerprint density at radius 3 is 2.29 bits per heavy atom. The third kappa shape index (κ3) is 3.30. The topological polar surface area (TPSA) is 54.4 Å². The summed E-state index contributed by atoms with van der Waals surface area (Å²) in [5.74, 6) is 0.246. The SMILES string of the molecule is CS(=O)(=O)CCC(O)C1Cc2ccccc2C1.